The first-order valence-electron chi connectivity index (χ1n) is 5.45. The number of hydrogen-bond acceptors (Lipinski definition) is 3. The third kappa shape index (κ3) is 5.73. The Labute approximate surface area is 101 Å². The van der Waals surface area contributed by atoms with E-state index in [9.17, 15) is 4.79 Å². The molecule has 0 bridgehead atoms. The quantitative estimate of drug-likeness (QED) is 0.555. The van der Waals surface area contributed by atoms with Gasteiger partial charge in [0.1, 0.15) is 5.75 Å². The van der Waals surface area contributed by atoms with Crippen LogP contribution in [0.2, 0.25) is 0 Å². The van der Waals surface area contributed by atoms with Crippen molar-refractivity contribution in [2.24, 2.45) is 0 Å². The first kappa shape index (κ1) is 13.3. The predicted octanol–water partition coefficient (Wildman–Crippen LogP) is 1.47. The molecular weight excluding hydrogens is 218 g/mol. The Morgan fingerprint density at radius 1 is 1.41 bits per heavy atom. The van der Waals surface area contributed by atoms with E-state index in [4.69, 9.17) is 9.84 Å². The molecule has 0 heterocycles. The van der Waals surface area contributed by atoms with Gasteiger partial charge in [0, 0.05) is 12.6 Å². The van der Waals surface area contributed by atoms with Gasteiger partial charge in [-0.3, -0.25) is 0 Å². The number of aliphatic carboxylic acids is 1. The predicted molar refractivity (Wildman–Crippen MR) is 66.3 cm³/mol. The number of nitrogens with one attached hydrogen (secondary N) is 1. The van der Waals surface area contributed by atoms with E-state index < -0.39 is 5.97 Å². The Morgan fingerprint density at radius 2 is 2.12 bits per heavy atom. The zero-order chi connectivity index (χ0) is 12.5. The largest absolute Gasteiger partial charge is 0.497 e. The van der Waals surface area contributed by atoms with Crippen molar-refractivity contribution in [2.45, 2.75) is 6.42 Å². The number of carbonyl (C=O) groups is 1. The van der Waals surface area contributed by atoms with E-state index in [0.29, 0.717) is 6.54 Å². The maximum Gasteiger partial charge on any atom is 0.328 e. The zero-order valence-electron chi connectivity index (χ0n) is 9.85. The summed E-state index contributed by atoms with van der Waals surface area (Å²) >= 11 is 0. The summed E-state index contributed by atoms with van der Waals surface area (Å²) in [5, 5.41) is 11.5. The second-order valence-electron chi connectivity index (χ2n) is 3.54. The van der Waals surface area contributed by atoms with Crippen LogP contribution in [0.15, 0.2) is 36.4 Å². The third-order valence-corrected chi connectivity index (χ3v) is 2.27. The molecule has 1 aromatic rings. The summed E-state index contributed by atoms with van der Waals surface area (Å²) in [5.41, 5.74) is 1.22. The lowest BCUT2D eigenvalue weighted by atomic mass is 10.1. The Balaban J connectivity index is 2.19. The lowest BCUT2D eigenvalue weighted by Gasteiger charge is -2.04. The van der Waals surface area contributed by atoms with Gasteiger partial charge in [-0.2, -0.15) is 0 Å². The molecule has 1 rings (SSSR count). The van der Waals surface area contributed by atoms with E-state index in [1.54, 1.807) is 13.2 Å². The van der Waals surface area contributed by atoms with Crippen molar-refractivity contribution in [3.8, 4) is 5.75 Å². The normalized spacial score (nSPS) is 10.6. The van der Waals surface area contributed by atoms with E-state index in [0.717, 1.165) is 24.8 Å². The van der Waals surface area contributed by atoms with Gasteiger partial charge in [-0.1, -0.05) is 18.2 Å². The number of methoxy groups -OCH3 is 1. The number of benzene rings is 1. The molecule has 92 valence electrons. The van der Waals surface area contributed by atoms with E-state index in [-0.39, 0.29) is 0 Å². The zero-order valence-corrected chi connectivity index (χ0v) is 9.85. The standard InChI is InChI=1S/C13H17NO3/c1-17-12-6-4-11(5-7-12)8-10-14-9-2-3-13(15)16/h2-7,14H,8-10H2,1H3,(H,15,16)/b3-2+. The van der Waals surface area contributed by atoms with Gasteiger partial charge in [0.25, 0.3) is 0 Å². The van der Waals surface area contributed by atoms with Crippen molar-refractivity contribution in [3.05, 3.63) is 42.0 Å². The molecule has 0 fully saturated rings. The summed E-state index contributed by atoms with van der Waals surface area (Å²) in [5.74, 6) is -0.0620. The van der Waals surface area contributed by atoms with Crippen molar-refractivity contribution < 1.29 is 14.6 Å². The average molecular weight is 235 g/mol. The minimum absolute atomic E-state index is 0.572. The number of carboxylic acid groups (broad SMARTS) is 1. The molecule has 0 radical (unpaired) electrons. The summed E-state index contributed by atoms with van der Waals surface area (Å²) in [4.78, 5) is 10.2. The number of carboxylic acids is 1. The molecule has 1 aromatic carbocycles. The summed E-state index contributed by atoms with van der Waals surface area (Å²) in [7, 11) is 1.64. The van der Waals surface area contributed by atoms with Crippen LogP contribution in [0.3, 0.4) is 0 Å². The highest BCUT2D eigenvalue weighted by Gasteiger charge is 1.94. The second kappa shape index (κ2) is 7.46. The summed E-state index contributed by atoms with van der Waals surface area (Å²) in [6.45, 7) is 1.39. The highest BCUT2D eigenvalue weighted by Crippen LogP contribution is 2.11. The molecule has 4 nitrogen and oxygen atoms in total. The molecule has 0 unspecified atom stereocenters. The maximum absolute atomic E-state index is 10.2. The molecule has 0 aromatic heterocycles. The van der Waals surface area contributed by atoms with Crippen molar-refractivity contribution in [2.75, 3.05) is 20.2 Å². The van der Waals surface area contributed by atoms with Crippen LogP contribution in [0.4, 0.5) is 0 Å². The minimum atomic E-state index is -0.915. The number of ether oxygens (including phenoxy) is 1. The van der Waals surface area contributed by atoms with E-state index in [1.165, 1.54) is 5.56 Å². The van der Waals surface area contributed by atoms with Crippen LogP contribution in [0.5, 0.6) is 5.75 Å². The van der Waals surface area contributed by atoms with Gasteiger partial charge in [0.05, 0.1) is 7.11 Å². The molecule has 0 saturated carbocycles. The van der Waals surface area contributed by atoms with Crippen LogP contribution in [0.25, 0.3) is 0 Å². The SMILES string of the molecule is COc1ccc(CCNC/C=C/C(=O)O)cc1. The highest BCUT2D eigenvalue weighted by atomic mass is 16.5. The van der Waals surface area contributed by atoms with Gasteiger partial charge in [-0.25, -0.2) is 4.79 Å². The van der Waals surface area contributed by atoms with Gasteiger partial charge in [0.2, 0.25) is 0 Å². The minimum Gasteiger partial charge on any atom is -0.497 e. The van der Waals surface area contributed by atoms with Crippen molar-refractivity contribution in [1.82, 2.24) is 5.32 Å². The lowest BCUT2D eigenvalue weighted by molar-refractivity contribution is -0.131. The molecular formula is C13H17NO3. The first-order chi connectivity index (χ1) is 8.22. The van der Waals surface area contributed by atoms with Crippen molar-refractivity contribution in [3.63, 3.8) is 0 Å². The van der Waals surface area contributed by atoms with Crippen LogP contribution < -0.4 is 10.1 Å². The van der Waals surface area contributed by atoms with Crippen LogP contribution in [0, 0.1) is 0 Å². The van der Waals surface area contributed by atoms with Crippen molar-refractivity contribution >= 4 is 5.97 Å². The molecule has 17 heavy (non-hydrogen) atoms. The number of hydrogen-bond donors (Lipinski definition) is 2. The van der Waals surface area contributed by atoms with Gasteiger partial charge >= 0.3 is 5.97 Å². The van der Waals surface area contributed by atoms with Gasteiger partial charge in [-0.15, -0.1) is 0 Å². The topological polar surface area (TPSA) is 58.6 Å². The lowest BCUT2D eigenvalue weighted by Crippen LogP contribution is -2.17. The molecule has 0 atom stereocenters. The van der Waals surface area contributed by atoms with E-state index in [2.05, 4.69) is 5.32 Å². The van der Waals surface area contributed by atoms with Crippen LogP contribution >= 0.6 is 0 Å². The Hall–Kier alpha value is -1.81. The molecule has 0 saturated heterocycles. The molecule has 0 aliphatic carbocycles. The fourth-order valence-corrected chi connectivity index (χ4v) is 1.37. The Kier molecular flexibility index (Phi) is 5.82. The average Bonchev–Trinajstić information content (AvgIpc) is 2.34. The van der Waals surface area contributed by atoms with Crippen LogP contribution in [-0.4, -0.2) is 31.3 Å². The first-order valence-corrected chi connectivity index (χ1v) is 5.45. The van der Waals surface area contributed by atoms with E-state index in [1.807, 2.05) is 24.3 Å². The molecule has 0 spiro atoms. The van der Waals surface area contributed by atoms with E-state index >= 15 is 0 Å². The second-order valence-corrected chi connectivity index (χ2v) is 3.54. The fraction of sp³-hybridized carbons (Fsp3) is 0.308. The Morgan fingerprint density at radius 3 is 2.71 bits per heavy atom. The van der Waals surface area contributed by atoms with Gasteiger partial charge < -0.3 is 15.2 Å². The van der Waals surface area contributed by atoms with Crippen LogP contribution in [-0.2, 0) is 11.2 Å². The summed E-state index contributed by atoms with van der Waals surface area (Å²) in [6.07, 6.45) is 3.64. The van der Waals surface area contributed by atoms with Crippen molar-refractivity contribution in [1.29, 1.82) is 0 Å². The van der Waals surface area contributed by atoms with Gasteiger partial charge in [-0.05, 0) is 30.7 Å². The monoisotopic (exact) mass is 235 g/mol. The van der Waals surface area contributed by atoms with Gasteiger partial charge in [0.15, 0.2) is 0 Å². The fourth-order valence-electron chi connectivity index (χ4n) is 1.37. The molecule has 2 N–H and O–H groups in total. The molecule has 0 amide bonds. The third-order valence-electron chi connectivity index (χ3n) is 2.27. The smallest absolute Gasteiger partial charge is 0.328 e. The summed E-state index contributed by atoms with van der Waals surface area (Å²) < 4.78 is 5.07. The molecule has 0 aliphatic heterocycles. The molecule has 4 heteroatoms. The molecule has 0 aliphatic rings. The maximum atomic E-state index is 10.2. The Bertz CT molecular complexity index is 371. The summed E-state index contributed by atoms with van der Waals surface area (Å²) in [6, 6.07) is 7.90. The van der Waals surface area contributed by atoms with Crippen LogP contribution in [0.1, 0.15) is 5.56 Å². The highest BCUT2D eigenvalue weighted by molar-refractivity contribution is 5.79. The number of rotatable bonds is 7.